The van der Waals surface area contributed by atoms with Crippen molar-refractivity contribution in [3.63, 3.8) is 0 Å². The summed E-state index contributed by atoms with van der Waals surface area (Å²) in [7, 11) is 0.287. The van der Waals surface area contributed by atoms with E-state index in [-0.39, 0.29) is 15.8 Å². The monoisotopic (exact) mass is 927 g/mol. The molecule has 0 N–H and O–H groups in total. The Kier molecular flexibility index (Phi) is 3.91. The van der Waals surface area contributed by atoms with Gasteiger partial charge in [-0.1, -0.05) is 0 Å². The molecule has 1 spiro atoms. The van der Waals surface area contributed by atoms with Crippen LogP contribution in [-0.4, -0.2) is 35.0 Å². The molecule has 0 amide bonds. The van der Waals surface area contributed by atoms with Crippen LogP contribution in [0, 0.1) is 106 Å². The molecule has 16 aliphatic carbocycles. The van der Waals surface area contributed by atoms with Gasteiger partial charge in [0.25, 0.3) is 0 Å². The van der Waals surface area contributed by atoms with Gasteiger partial charge in [0.05, 0.1) is 0 Å². The summed E-state index contributed by atoms with van der Waals surface area (Å²) in [5.74, 6) is 18.8. The van der Waals surface area contributed by atoms with Crippen molar-refractivity contribution < 1.29 is 6.51 Å². The molecule has 10 saturated heterocycles. The maximum absolute atomic E-state index is 4.39. The van der Waals surface area contributed by atoms with Gasteiger partial charge in [-0.15, -0.1) is 0 Å². The van der Waals surface area contributed by atoms with Crippen molar-refractivity contribution in [1.82, 2.24) is 0 Å². The van der Waals surface area contributed by atoms with Crippen LogP contribution in [0.25, 0.3) is 0 Å². The molecule has 26 rings (SSSR count). The predicted octanol–water partition coefficient (Wildman–Crippen LogP) is 17.2. The van der Waals surface area contributed by atoms with Gasteiger partial charge in [0, 0.05) is 0 Å². The second-order valence-corrected chi connectivity index (χ2v) is 63.6. The zero-order valence-corrected chi connectivity index (χ0v) is 43.7. The van der Waals surface area contributed by atoms with Gasteiger partial charge in [0.15, 0.2) is 0 Å². The van der Waals surface area contributed by atoms with Crippen molar-refractivity contribution >= 4 is 15.8 Å². The zero-order valence-electron chi connectivity index (χ0n) is 40.8. The third-order valence-electron chi connectivity index (χ3n) is 37.0. The molecule has 0 aromatic rings. The van der Waals surface area contributed by atoms with Crippen molar-refractivity contribution in [3.05, 3.63) is 0 Å². The molecule has 5 atom stereocenters. The molecule has 0 aromatic heterocycles. The van der Waals surface area contributed by atoms with E-state index in [0.717, 1.165) is 64.6 Å². The minimum atomic E-state index is -4.39. The topological polar surface area (TPSA) is 0 Å². The summed E-state index contributed by atoms with van der Waals surface area (Å²) >= 11 is 0. The molecule has 16 saturated carbocycles. The summed E-state index contributed by atoms with van der Waals surface area (Å²) in [5.41, 5.74) is 6.12. The van der Waals surface area contributed by atoms with E-state index in [1.165, 1.54) is 98.9 Å². The average Bonchev–Trinajstić information content (AvgIpc) is 4.15. The molecule has 0 aromatic carbocycles. The van der Waals surface area contributed by atoms with Crippen molar-refractivity contribution in [2.75, 3.05) is 12.3 Å². The van der Waals surface area contributed by atoms with Crippen LogP contribution in [0.2, 0.25) is 46.2 Å². The minimum absolute atomic E-state index is 0.133. The molecule has 63 heavy (non-hydrogen) atoms. The predicted molar refractivity (Wildman–Crippen MR) is 259 cm³/mol. The molecule has 26 fully saturated rings. The molecular weight excluding hydrogens is 838 g/mol. The first-order valence-electron chi connectivity index (χ1n) is 29.8. The van der Waals surface area contributed by atoms with Gasteiger partial charge in [-0.25, -0.2) is 0 Å². The Bertz CT molecular complexity index is 2480. The van der Waals surface area contributed by atoms with Gasteiger partial charge in [-0.05, 0) is 0 Å². The van der Waals surface area contributed by atoms with Crippen LogP contribution in [0.1, 0.15) is 170 Å². The number of fused-ring (bicyclic) bond motifs is 10. The first kappa shape index (κ1) is 35.5. The second kappa shape index (κ2) is 6.95. The number of hydrogen-bond acceptors (Lipinski definition) is 0. The average molecular weight is 927 g/mol. The third kappa shape index (κ3) is 1.40. The summed E-state index contributed by atoms with van der Waals surface area (Å²) < 4.78 is 3.80. The van der Waals surface area contributed by atoms with Gasteiger partial charge >= 0.3 is 379 Å². The van der Waals surface area contributed by atoms with Crippen LogP contribution >= 0.6 is 15.8 Å². The Morgan fingerprint density at radius 1 is 0.365 bits per heavy atom. The number of rotatable bonds is 8. The van der Waals surface area contributed by atoms with Crippen LogP contribution in [0.4, 0.5) is 0 Å². The van der Waals surface area contributed by atoms with Crippen LogP contribution in [0.5, 0.6) is 0 Å². The molecule has 10 aliphatic heterocycles. The third-order valence-corrected chi connectivity index (χ3v) is 91.5. The maximum atomic E-state index is 3.05. The first-order valence-corrected chi connectivity index (χ1v) is 39.2. The summed E-state index contributed by atoms with van der Waals surface area (Å²) in [5, 5.41) is 0. The molecule has 0 radical (unpaired) electrons. The van der Waals surface area contributed by atoms with Crippen molar-refractivity contribution in [3.8, 4) is 0 Å². The fourth-order valence-corrected chi connectivity index (χ4v) is 145. The molecule has 0 nitrogen and oxygen atoms in total. The van der Waals surface area contributed by atoms with Gasteiger partial charge in [-0.2, -0.15) is 0 Å². The van der Waals surface area contributed by atoms with E-state index in [4.69, 9.17) is 0 Å². The van der Waals surface area contributed by atoms with E-state index < -0.39 is 6.51 Å². The fourth-order valence-electron chi connectivity index (χ4n) is 42.7. The SMILES string of the molecule is CC(C)(C)[C]12[CH]3[C]4(CP(C5C6CC7CC(C6)CC5C7)C5C6CC7CC(C6)CC5C7)[C]5(CP(C6C7CC8CC(C7)CC6C8)C6C7CC8CC(C7)CC6C8)[C]1(C(C)(C)C)[Fe]34521678[CH]2[CH]1[CH]6[CH]7[CH]28. The van der Waals surface area contributed by atoms with Gasteiger partial charge in [0.1, 0.15) is 0 Å². The Labute approximate surface area is 376 Å². The van der Waals surface area contributed by atoms with Crippen LogP contribution in [0.15, 0.2) is 0 Å². The number of hydrogen-bond donors (Lipinski definition) is 0. The molecule has 16 bridgehead atoms. The standard InChI is InChI=1S/C55H83P2.C5H5.Fe/c1-54(2,3)48-27-46(28-56(50-38-11-30-7-31(13-38)14-39(50)12-30)51-40-15-32-8-33(17-40)18-41(51)16-32)47(49(48)55(4,5)6)29-57(52-42-19-34-9-35(21-42)22-43(52)20-34)53-44-23-36-10-37(25-44)26-45(53)24-36;1-2-4-5-3-1;/h27,30-45,50-53H,7-26,28-29H2,1-6H3;1-5H;. The van der Waals surface area contributed by atoms with Crippen LogP contribution < -0.4 is 0 Å². The van der Waals surface area contributed by atoms with Crippen molar-refractivity contribution in [2.45, 2.75) is 239 Å². The van der Waals surface area contributed by atoms with E-state index in [1.54, 1.807) is 128 Å². The quantitative estimate of drug-likeness (QED) is 0.168. The Balaban J connectivity index is 0.792. The molecular formula is C60H88FeP2. The fraction of sp³-hybridized carbons (Fsp3) is 1.00. The summed E-state index contributed by atoms with van der Waals surface area (Å²) in [6.45, 7) is 13.7. The van der Waals surface area contributed by atoms with Crippen molar-refractivity contribution in [2.24, 2.45) is 106 Å². The van der Waals surface area contributed by atoms with E-state index in [2.05, 4.69) is 41.5 Å². The summed E-state index contributed by atoms with van der Waals surface area (Å²) in [4.78, 5) is 8.56. The van der Waals surface area contributed by atoms with E-state index in [0.29, 0.717) is 10.8 Å². The van der Waals surface area contributed by atoms with Gasteiger partial charge in [-0.3, -0.25) is 0 Å². The van der Waals surface area contributed by atoms with E-state index >= 15 is 0 Å². The molecule has 3 heteroatoms. The Morgan fingerprint density at radius 2 is 0.635 bits per heavy atom. The Hall–Kier alpha value is 1.38. The van der Waals surface area contributed by atoms with E-state index in [9.17, 15) is 0 Å². The molecule has 26 aliphatic rings. The molecule has 10 heterocycles. The van der Waals surface area contributed by atoms with E-state index in [1.807, 2.05) is 12.3 Å². The molecule has 346 valence electrons. The summed E-state index contributed by atoms with van der Waals surface area (Å²) in [6.07, 6.45) is 38.3. The van der Waals surface area contributed by atoms with Crippen molar-refractivity contribution in [1.29, 1.82) is 0 Å². The van der Waals surface area contributed by atoms with Gasteiger partial charge < -0.3 is 0 Å². The van der Waals surface area contributed by atoms with Crippen LogP contribution in [-0.2, 0) is 6.51 Å². The first-order chi connectivity index (χ1) is 30.1. The van der Waals surface area contributed by atoms with Crippen LogP contribution in [0.3, 0.4) is 0 Å². The summed E-state index contributed by atoms with van der Waals surface area (Å²) in [6, 6.07) is 0. The van der Waals surface area contributed by atoms with Gasteiger partial charge in [0.2, 0.25) is 0 Å². The Morgan fingerprint density at radius 3 is 0.873 bits per heavy atom. The second-order valence-electron chi connectivity index (χ2n) is 35.7. The zero-order chi connectivity index (χ0) is 41.0. The molecule has 5 unspecified atom stereocenters. The normalized spacial score (nSPS) is 81.0.